The third kappa shape index (κ3) is 9.27. The zero-order valence-electron chi connectivity index (χ0n) is 21.3. The molecule has 1 radical (unpaired) electrons. The van der Waals surface area contributed by atoms with E-state index < -0.39 is 7.92 Å². The van der Waals surface area contributed by atoms with Gasteiger partial charge in [0.25, 0.3) is 0 Å². The summed E-state index contributed by atoms with van der Waals surface area (Å²) >= 11 is 0. The van der Waals surface area contributed by atoms with E-state index >= 15 is 0 Å². The standard InChI is InChI=1S/C18H15P.C9H10O4.3CO.Re/c1-4-10-16(11-5-1)19(17-12-6-2-7-13-17)18-14-8-3-9-15-18;1-4-6(10)7(11)5(2)9-8(4)12-3-13-9;3*1-2;/h1-15H;10-11H,3H2,1-2H3;;;;/p+3. The van der Waals surface area contributed by atoms with E-state index in [1.807, 2.05) is 0 Å². The summed E-state index contributed by atoms with van der Waals surface area (Å²) in [6, 6.07) is 32.5. The van der Waals surface area contributed by atoms with Gasteiger partial charge in [-0.05, 0) is 50.2 Å². The molecular weight excluding hydrogens is 690 g/mol. The fraction of sp³-hybridized carbons (Fsp3) is 0.100. The molecule has 1 aliphatic heterocycles. The van der Waals surface area contributed by atoms with Crippen LogP contribution >= 0.6 is 7.92 Å². The van der Waals surface area contributed by atoms with Gasteiger partial charge in [-0.25, -0.2) is 0 Å². The van der Waals surface area contributed by atoms with E-state index in [9.17, 15) is 0 Å². The molecule has 0 aromatic heterocycles. The molecule has 0 bridgehead atoms. The van der Waals surface area contributed by atoms with Crippen molar-refractivity contribution in [2.75, 3.05) is 6.79 Å². The van der Waals surface area contributed by atoms with Crippen LogP contribution in [0.1, 0.15) is 11.1 Å². The molecule has 1 heterocycles. The molecule has 0 saturated carbocycles. The van der Waals surface area contributed by atoms with Crippen molar-refractivity contribution in [2.24, 2.45) is 0 Å². The molecule has 0 fully saturated rings. The van der Waals surface area contributed by atoms with Crippen molar-refractivity contribution in [3.8, 4) is 23.0 Å². The molecule has 9 heteroatoms. The van der Waals surface area contributed by atoms with Crippen molar-refractivity contribution in [3.63, 3.8) is 0 Å². The maximum absolute atomic E-state index is 7.63. The molecular formula is C30H28O7PRe+3. The summed E-state index contributed by atoms with van der Waals surface area (Å²) in [6.07, 6.45) is 0. The Labute approximate surface area is 243 Å². The van der Waals surface area contributed by atoms with Crippen LogP contribution in [0, 0.1) is 33.8 Å². The Morgan fingerprint density at radius 2 is 0.821 bits per heavy atom. The largest absolute Gasteiger partial charge is 0.102 e. The maximum Gasteiger partial charge on any atom is 0.102 e. The average molecular weight is 718 g/mol. The van der Waals surface area contributed by atoms with Crippen molar-refractivity contribution in [2.45, 2.75) is 13.8 Å². The first-order valence-electron chi connectivity index (χ1n) is 11.1. The van der Waals surface area contributed by atoms with E-state index in [4.69, 9.17) is 33.6 Å². The predicted molar refractivity (Wildman–Crippen MR) is 146 cm³/mol. The molecule has 199 valence electrons. The van der Waals surface area contributed by atoms with Gasteiger partial charge in [-0.15, -0.1) is 0 Å². The minimum absolute atomic E-state index is 0. The van der Waals surface area contributed by atoms with Gasteiger partial charge in [-0.1, -0.05) is 54.6 Å². The Kier molecular flexibility index (Phi) is 17.7. The van der Waals surface area contributed by atoms with Crippen molar-refractivity contribution in [3.05, 3.63) is 122 Å². The summed E-state index contributed by atoms with van der Waals surface area (Å²) in [5, 5.41) is 19.6. The Morgan fingerprint density at radius 3 is 1.08 bits per heavy atom. The second-order valence-corrected chi connectivity index (χ2v) is 10.0. The number of benzene rings is 4. The van der Waals surface area contributed by atoms with Crippen LogP contribution in [0.3, 0.4) is 0 Å². The fourth-order valence-electron chi connectivity index (χ4n) is 3.75. The third-order valence-corrected chi connectivity index (χ3v) is 8.21. The van der Waals surface area contributed by atoms with Gasteiger partial charge in [0.05, 0.1) is 7.92 Å². The van der Waals surface area contributed by atoms with Crippen molar-refractivity contribution < 1.29 is 54.1 Å². The summed E-state index contributed by atoms with van der Waals surface area (Å²) in [5.74, 6) is 1.69. The first-order chi connectivity index (χ1) is 18.6. The van der Waals surface area contributed by atoms with E-state index in [1.165, 1.54) is 15.9 Å². The summed E-state index contributed by atoms with van der Waals surface area (Å²) < 4.78 is 32.9. The number of ether oxygens (including phenoxy) is 2. The smallest absolute Gasteiger partial charge is 0.0620 e. The first kappa shape index (κ1) is 35.4. The van der Waals surface area contributed by atoms with E-state index in [0.717, 1.165) is 0 Å². The van der Waals surface area contributed by atoms with Crippen LogP contribution in [0.5, 0.6) is 23.0 Å². The van der Waals surface area contributed by atoms with Crippen LogP contribution in [0.2, 0.25) is 0 Å². The number of hydrogen-bond acceptors (Lipinski definition) is 2. The van der Waals surface area contributed by atoms with Crippen molar-refractivity contribution in [1.82, 2.24) is 0 Å². The zero-order valence-corrected chi connectivity index (χ0v) is 25.0. The maximum atomic E-state index is 7.63. The summed E-state index contributed by atoms with van der Waals surface area (Å²) in [7, 11) is -0.877. The summed E-state index contributed by atoms with van der Waals surface area (Å²) in [6.45, 7) is 17.2. The SMILES string of the molecule is Cc1c([OH2+])c([OH2+])c(C)c2c1OCO2.[C-]#[O+].[C-]#[O+].[C-]#[O+].[Re].c1ccc([PH+](c2ccccc2)c2ccccc2)cc1. The Balaban J connectivity index is 0.000000634. The quantitative estimate of drug-likeness (QED) is 0.181. The van der Waals surface area contributed by atoms with Gasteiger partial charge in [0.15, 0.2) is 11.5 Å². The third-order valence-electron chi connectivity index (χ3n) is 5.48. The van der Waals surface area contributed by atoms with Gasteiger partial charge in [0, 0.05) is 20.4 Å². The van der Waals surface area contributed by atoms with Crippen LogP contribution in [-0.2, 0) is 34.4 Å². The number of fused-ring (bicyclic) bond motifs is 1. The molecule has 0 unspecified atom stereocenters. The molecule has 0 spiro atoms. The molecule has 1 aliphatic rings. The van der Waals surface area contributed by atoms with Crippen LogP contribution in [0.15, 0.2) is 91.0 Å². The van der Waals surface area contributed by atoms with Crippen LogP contribution in [0.4, 0.5) is 0 Å². The molecule has 0 aliphatic carbocycles. The Hall–Kier alpha value is -3.61. The molecule has 39 heavy (non-hydrogen) atoms. The minimum Gasteiger partial charge on any atom is -0.0620 e. The first-order valence-corrected chi connectivity index (χ1v) is 12.6. The number of hydrogen-bond donors (Lipinski definition) is 0. The van der Waals surface area contributed by atoms with E-state index in [0.29, 0.717) is 22.6 Å². The van der Waals surface area contributed by atoms with Gasteiger partial charge in [0.1, 0.15) is 27.0 Å². The molecule has 4 N–H and O–H groups in total. The minimum atomic E-state index is -0.877. The monoisotopic (exact) mass is 718 g/mol. The van der Waals surface area contributed by atoms with E-state index in [1.54, 1.807) is 13.8 Å². The second-order valence-electron chi connectivity index (χ2n) is 7.54. The van der Waals surface area contributed by atoms with Crippen molar-refractivity contribution in [1.29, 1.82) is 0 Å². The molecule has 0 saturated heterocycles. The summed E-state index contributed by atoms with van der Waals surface area (Å²) in [5.41, 5.74) is 1.37. The Bertz CT molecular complexity index is 1180. The topological polar surface area (TPSA) is 124 Å². The molecule has 0 amide bonds. The number of rotatable bonds is 3. The van der Waals surface area contributed by atoms with Gasteiger partial charge in [-0.2, -0.15) is 0 Å². The zero-order chi connectivity index (χ0) is 28.5. The van der Waals surface area contributed by atoms with E-state index in [-0.39, 0.29) is 38.7 Å². The average Bonchev–Trinajstić information content (AvgIpc) is 3.51. The predicted octanol–water partition coefficient (Wildman–Crippen LogP) is 3.97. The molecule has 7 nitrogen and oxygen atoms in total. The van der Waals surface area contributed by atoms with E-state index in [2.05, 4.69) is 111 Å². The van der Waals surface area contributed by atoms with Gasteiger partial charge < -0.3 is 19.7 Å². The summed E-state index contributed by atoms with van der Waals surface area (Å²) in [4.78, 5) is 0. The van der Waals surface area contributed by atoms with Crippen LogP contribution in [-0.4, -0.2) is 17.0 Å². The van der Waals surface area contributed by atoms with Gasteiger partial charge >= 0.3 is 45.4 Å². The normalized spacial score (nSPS) is 9.77. The molecule has 4 aromatic carbocycles. The van der Waals surface area contributed by atoms with Crippen LogP contribution in [0.25, 0.3) is 0 Å². The van der Waals surface area contributed by atoms with Crippen LogP contribution < -0.4 is 25.4 Å². The molecule has 4 aromatic rings. The van der Waals surface area contributed by atoms with Gasteiger partial charge in [0.2, 0.25) is 6.79 Å². The second kappa shape index (κ2) is 19.5. The van der Waals surface area contributed by atoms with Crippen molar-refractivity contribution >= 4 is 23.8 Å². The molecule has 0 atom stereocenters. The van der Waals surface area contributed by atoms with Gasteiger partial charge in [-0.3, -0.25) is 0 Å². The Morgan fingerprint density at radius 1 is 0.564 bits per heavy atom. The fourth-order valence-corrected chi connectivity index (χ4v) is 6.33. The molecule has 5 rings (SSSR count).